The zero-order valence-corrected chi connectivity index (χ0v) is 13.5. The van der Waals surface area contributed by atoms with E-state index in [0.717, 1.165) is 17.0 Å². The van der Waals surface area contributed by atoms with E-state index < -0.39 is 11.5 Å². The topological polar surface area (TPSA) is 84.3 Å². The highest BCUT2D eigenvalue weighted by Gasteiger charge is 2.20. The van der Waals surface area contributed by atoms with E-state index in [2.05, 4.69) is 15.3 Å². The summed E-state index contributed by atoms with van der Waals surface area (Å²) in [5.41, 5.74) is 1.34. The molecule has 0 aliphatic carbocycles. The number of hydrogen-bond acceptors (Lipinski definition) is 5. The van der Waals surface area contributed by atoms with Crippen LogP contribution in [0.5, 0.6) is 5.75 Å². The number of rotatable bonds is 7. The molecule has 0 unspecified atom stereocenters. The maximum Gasteiger partial charge on any atom is 0.303 e. The van der Waals surface area contributed by atoms with Crippen molar-refractivity contribution in [3.63, 3.8) is 0 Å². The van der Waals surface area contributed by atoms with Gasteiger partial charge in [0.25, 0.3) is 0 Å². The van der Waals surface area contributed by atoms with Crippen LogP contribution in [0.1, 0.15) is 26.7 Å². The van der Waals surface area contributed by atoms with E-state index in [-0.39, 0.29) is 6.42 Å². The van der Waals surface area contributed by atoms with Crippen LogP contribution >= 0.6 is 0 Å². The molecule has 0 atom stereocenters. The van der Waals surface area contributed by atoms with Crippen molar-refractivity contribution in [2.75, 3.05) is 12.4 Å². The smallest absolute Gasteiger partial charge is 0.303 e. The number of carboxylic acids is 1. The molecule has 2 aromatic rings. The van der Waals surface area contributed by atoms with Crippen molar-refractivity contribution < 1.29 is 14.6 Å². The largest absolute Gasteiger partial charge is 0.497 e. The zero-order valence-electron chi connectivity index (χ0n) is 13.5. The summed E-state index contributed by atoms with van der Waals surface area (Å²) in [5.74, 6) is 0.456. The molecule has 0 amide bonds. The molecule has 122 valence electrons. The van der Waals surface area contributed by atoms with Crippen LogP contribution in [-0.2, 0) is 4.79 Å². The first-order chi connectivity index (χ1) is 10.9. The summed E-state index contributed by atoms with van der Waals surface area (Å²) in [6, 6.07) is 9.45. The van der Waals surface area contributed by atoms with Gasteiger partial charge in [-0.05, 0) is 50.6 Å². The maximum atomic E-state index is 10.7. The highest BCUT2D eigenvalue weighted by atomic mass is 16.5. The average Bonchev–Trinajstić information content (AvgIpc) is 2.53. The van der Waals surface area contributed by atoms with Crippen LogP contribution in [0.15, 0.2) is 36.5 Å². The third-order valence-corrected chi connectivity index (χ3v) is 3.46. The van der Waals surface area contributed by atoms with Crippen molar-refractivity contribution in [2.24, 2.45) is 0 Å². The van der Waals surface area contributed by atoms with Gasteiger partial charge >= 0.3 is 5.97 Å². The van der Waals surface area contributed by atoms with Gasteiger partial charge in [-0.25, -0.2) is 9.97 Å². The molecule has 0 spiro atoms. The van der Waals surface area contributed by atoms with Gasteiger partial charge in [-0.2, -0.15) is 0 Å². The Morgan fingerprint density at radius 1 is 1.26 bits per heavy atom. The lowest BCUT2D eigenvalue weighted by atomic mass is 9.99. The fourth-order valence-electron chi connectivity index (χ4n) is 2.13. The molecule has 0 bridgehead atoms. The highest BCUT2D eigenvalue weighted by molar-refractivity contribution is 5.67. The lowest BCUT2D eigenvalue weighted by molar-refractivity contribution is -0.137. The van der Waals surface area contributed by atoms with Gasteiger partial charge in [-0.15, -0.1) is 0 Å². The molecule has 0 aliphatic rings. The number of nitrogens with one attached hydrogen (secondary N) is 1. The Kier molecular flexibility index (Phi) is 5.16. The van der Waals surface area contributed by atoms with Crippen molar-refractivity contribution in [3.8, 4) is 17.0 Å². The first kappa shape index (κ1) is 16.7. The van der Waals surface area contributed by atoms with E-state index in [9.17, 15) is 4.79 Å². The summed E-state index contributed by atoms with van der Waals surface area (Å²) in [6.07, 6.45) is 2.26. The van der Waals surface area contributed by atoms with E-state index in [0.29, 0.717) is 12.4 Å². The van der Waals surface area contributed by atoms with Crippen molar-refractivity contribution in [1.29, 1.82) is 0 Å². The van der Waals surface area contributed by atoms with Crippen LogP contribution < -0.4 is 10.1 Å². The minimum atomic E-state index is -0.812. The zero-order chi connectivity index (χ0) is 16.9. The van der Waals surface area contributed by atoms with E-state index in [1.54, 1.807) is 13.3 Å². The number of carboxylic acid groups (broad SMARTS) is 1. The molecule has 0 fully saturated rings. The van der Waals surface area contributed by atoms with Gasteiger partial charge < -0.3 is 15.2 Å². The second-order valence-electron chi connectivity index (χ2n) is 5.90. The predicted octanol–water partition coefficient (Wildman–Crippen LogP) is 3.21. The predicted molar refractivity (Wildman–Crippen MR) is 88.6 cm³/mol. The quantitative estimate of drug-likeness (QED) is 0.816. The molecule has 6 nitrogen and oxygen atoms in total. The van der Waals surface area contributed by atoms with Crippen LogP contribution in [-0.4, -0.2) is 33.7 Å². The summed E-state index contributed by atoms with van der Waals surface area (Å²) in [5, 5.41) is 12.0. The number of nitrogens with zero attached hydrogens (tertiary/aromatic N) is 2. The Morgan fingerprint density at radius 3 is 2.57 bits per heavy atom. The number of carbonyl (C=O) groups is 1. The number of benzene rings is 1. The van der Waals surface area contributed by atoms with Crippen LogP contribution in [0.4, 0.5) is 5.95 Å². The summed E-state index contributed by atoms with van der Waals surface area (Å²) in [7, 11) is 1.63. The Morgan fingerprint density at radius 2 is 1.96 bits per heavy atom. The SMILES string of the molecule is COc1ccc(-c2ccnc(NC(C)(C)CCC(=O)O)n2)cc1. The molecule has 1 aromatic heterocycles. The summed E-state index contributed by atoms with van der Waals surface area (Å²) in [4.78, 5) is 19.4. The minimum Gasteiger partial charge on any atom is -0.497 e. The standard InChI is InChI=1S/C17H21N3O3/c1-17(2,10-8-15(21)22)20-16-18-11-9-14(19-16)12-4-6-13(23-3)7-5-12/h4-7,9,11H,8,10H2,1-3H3,(H,21,22)(H,18,19,20). The minimum absolute atomic E-state index is 0.0954. The number of anilines is 1. The first-order valence-corrected chi connectivity index (χ1v) is 7.37. The Balaban J connectivity index is 2.14. The van der Waals surface area contributed by atoms with Crippen LogP contribution in [0.3, 0.4) is 0 Å². The van der Waals surface area contributed by atoms with E-state index in [1.165, 1.54) is 0 Å². The first-order valence-electron chi connectivity index (χ1n) is 7.37. The summed E-state index contributed by atoms with van der Waals surface area (Å²) < 4.78 is 5.15. The molecule has 2 N–H and O–H groups in total. The normalized spacial score (nSPS) is 11.1. The fraction of sp³-hybridized carbons (Fsp3) is 0.353. The Bertz CT molecular complexity index is 669. The maximum absolute atomic E-state index is 10.7. The van der Waals surface area contributed by atoms with Gasteiger partial charge in [0.2, 0.25) is 5.95 Å². The average molecular weight is 315 g/mol. The van der Waals surface area contributed by atoms with Crippen LogP contribution in [0, 0.1) is 0 Å². The van der Waals surface area contributed by atoms with Gasteiger partial charge in [-0.1, -0.05) is 0 Å². The van der Waals surface area contributed by atoms with E-state index in [4.69, 9.17) is 9.84 Å². The van der Waals surface area contributed by atoms with Crippen molar-refractivity contribution in [2.45, 2.75) is 32.2 Å². The van der Waals surface area contributed by atoms with Gasteiger partial charge in [0, 0.05) is 23.7 Å². The van der Waals surface area contributed by atoms with Crippen molar-refractivity contribution in [3.05, 3.63) is 36.5 Å². The number of aliphatic carboxylic acids is 1. The number of aromatic nitrogens is 2. The number of methoxy groups -OCH3 is 1. The van der Waals surface area contributed by atoms with E-state index >= 15 is 0 Å². The molecule has 0 saturated carbocycles. The molecule has 1 heterocycles. The Hall–Kier alpha value is -2.63. The van der Waals surface area contributed by atoms with Gasteiger partial charge in [0.05, 0.1) is 12.8 Å². The second kappa shape index (κ2) is 7.09. The van der Waals surface area contributed by atoms with Gasteiger partial charge in [0.1, 0.15) is 5.75 Å². The molecule has 23 heavy (non-hydrogen) atoms. The number of ether oxygens (including phenoxy) is 1. The molecule has 0 aliphatic heterocycles. The molecular formula is C17H21N3O3. The second-order valence-corrected chi connectivity index (χ2v) is 5.90. The van der Waals surface area contributed by atoms with E-state index in [1.807, 2.05) is 44.2 Å². The lowest BCUT2D eigenvalue weighted by Gasteiger charge is -2.25. The van der Waals surface area contributed by atoms with Crippen molar-refractivity contribution in [1.82, 2.24) is 9.97 Å². The van der Waals surface area contributed by atoms with Crippen LogP contribution in [0.2, 0.25) is 0 Å². The molecule has 2 rings (SSSR count). The third kappa shape index (κ3) is 4.95. The molecule has 0 radical (unpaired) electrons. The summed E-state index contributed by atoms with van der Waals surface area (Å²) >= 11 is 0. The van der Waals surface area contributed by atoms with Gasteiger partial charge in [0.15, 0.2) is 0 Å². The van der Waals surface area contributed by atoms with Crippen molar-refractivity contribution >= 4 is 11.9 Å². The van der Waals surface area contributed by atoms with Crippen LogP contribution in [0.25, 0.3) is 11.3 Å². The molecule has 6 heteroatoms. The monoisotopic (exact) mass is 315 g/mol. The van der Waals surface area contributed by atoms with Gasteiger partial charge in [-0.3, -0.25) is 4.79 Å². The lowest BCUT2D eigenvalue weighted by Crippen LogP contribution is -2.32. The highest BCUT2D eigenvalue weighted by Crippen LogP contribution is 2.22. The molecule has 0 saturated heterocycles. The molecular weight excluding hydrogens is 294 g/mol. The fourth-order valence-corrected chi connectivity index (χ4v) is 2.13. The number of hydrogen-bond donors (Lipinski definition) is 2. The Labute approximate surface area is 135 Å². The summed E-state index contributed by atoms with van der Waals surface area (Å²) in [6.45, 7) is 3.86. The third-order valence-electron chi connectivity index (χ3n) is 3.46. The molecule has 1 aromatic carbocycles.